The molecular formula is C17H18N4O3S. The van der Waals surface area contributed by atoms with Gasteiger partial charge in [-0.25, -0.2) is 9.78 Å². The molecule has 8 heteroatoms. The van der Waals surface area contributed by atoms with Crippen molar-refractivity contribution in [3.05, 3.63) is 45.4 Å². The highest BCUT2D eigenvalue weighted by Gasteiger charge is 2.20. The lowest BCUT2D eigenvalue weighted by Gasteiger charge is -2.20. The Morgan fingerprint density at radius 1 is 1.40 bits per heavy atom. The Bertz CT molecular complexity index is 981. The van der Waals surface area contributed by atoms with Crippen molar-refractivity contribution in [1.29, 1.82) is 0 Å². The van der Waals surface area contributed by atoms with Gasteiger partial charge in [-0.05, 0) is 44.0 Å². The lowest BCUT2D eigenvalue weighted by Crippen LogP contribution is -2.26. The number of hydrogen-bond acceptors (Lipinski definition) is 6. The first kappa shape index (κ1) is 16.0. The Kier molecular flexibility index (Phi) is 4.14. The van der Waals surface area contributed by atoms with Gasteiger partial charge in [0.15, 0.2) is 10.7 Å². The first-order valence-corrected chi connectivity index (χ1v) is 9.01. The summed E-state index contributed by atoms with van der Waals surface area (Å²) in [5.74, 6) is -0.316. The quantitative estimate of drug-likeness (QED) is 0.750. The van der Waals surface area contributed by atoms with Gasteiger partial charge in [-0.2, -0.15) is 0 Å². The number of aryl methyl sites for hydroxylation is 1. The summed E-state index contributed by atoms with van der Waals surface area (Å²) >= 11 is 1.51. The highest BCUT2D eigenvalue weighted by atomic mass is 32.1. The molecule has 0 unspecified atom stereocenters. The van der Waals surface area contributed by atoms with Gasteiger partial charge in [-0.15, -0.1) is 11.3 Å². The minimum absolute atomic E-state index is 0.294. The second-order valence-electron chi connectivity index (χ2n) is 6.13. The molecule has 1 amide bonds. The number of hydrogen-bond donors (Lipinski definition) is 2. The van der Waals surface area contributed by atoms with Gasteiger partial charge >= 0.3 is 5.76 Å². The highest BCUT2D eigenvalue weighted by Crippen LogP contribution is 2.32. The van der Waals surface area contributed by atoms with E-state index in [9.17, 15) is 9.59 Å². The molecule has 1 aliphatic heterocycles. The van der Waals surface area contributed by atoms with Crippen LogP contribution in [0.1, 0.15) is 34.0 Å². The number of benzene rings is 1. The predicted octanol–water partition coefficient (Wildman–Crippen LogP) is 2.31. The maximum Gasteiger partial charge on any atom is 0.419 e. The molecule has 2 aromatic heterocycles. The van der Waals surface area contributed by atoms with E-state index in [2.05, 4.69) is 15.6 Å². The standard InChI is InChI=1S/C17H18N4O3S/c1-21-12-4-2-3-11(14(12)24-17(21)23)15(22)20-16-19-9-13(25-16)10-5-7-18-8-6-10/h2-4,9-10,18H,5-8H2,1H3,(H,19,20,22). The van der Waals surface area contributed by atoms with E-state index < -0.39 is 5.76 Å². The van der Waals surface area contributed by atoms with Gasteiger partial charge in [-0.3, -0.25) is 14.7 Å². The molecule has 4 rings (SSSR count). The second-order valence-corrected chi connectivity index (χ2v) is 7.19. The number of nitrogens with one attached hydrogen (secondary N) is 2. The first-order valence-electron chi connectivity index (χ1n) is 8.20. The van der Waals surface area contributed by atoms with Gasteiger partial charge in [-0.1, -0.05) is 6.07 Å². The van der Waals surface area contributed by atoms with E-state index in [1.165, 1.54) is 20.8 Å². The van der Waals surface area contributed by atoms with Crippen LogP contribution in [-0.2, 0) is 7.05 Å². The summed E-state index contributed by atoms with van der Waals surface area (Å²) < 4.78 is 6.59. The van der Waals surface area contributed by atoms with Crippen molar-refractivity contribution in [3.63, 3.8) is 0 Å². The Morgan fingerprint density at radius 2 is 2.20 bits per heavy atom. The van der Waals surface area contributed by atoms with Crippen LogP contribution in [0.4, 0.5) is 5.13 Å². The molecule has 3 aromatic rings. The largest absolute Gasteiger partial charge is 0.419 e. The van der Waals surface area contributed by atoms with Gasteiger partial charge in [0, 0.05) is 18.1 Å². The van der Waals surface area contributed by atoms with E-state index >= 15 is 0 Å². The molecule has 1 fully saturated rings. The molecule has 1 aliphatic rings. The van der Waals surface area contributed by atoms with Crippen molar-refractivity contribution < 1.29 is 9.21 Å². The van der Waals surface area contributed by atoms with Crippen molar-refractivity contribution in [2.24, 2.45) is 7.05 Å². The summed E-state index contributed by atoms with van der Waals surface area (Å²) in [6.45, 7) is 2.03. The summed E-state index contributed by atoms with van der Waals surface area (Å²) in [4.78, 5) is 29.8. The number of oxazole rings is 1. The molecule has 0 atom stereocenters. The molecule has 0 aliphatic carbocycles. The van der Waals surface area contributed by atoms with Crippen LogP contribution in [-0.4, -0.2) is 28.5 Å². The lowest BCUT2D eigenvalue weighted by molar-refractivity contribution is 0.102. The summed E-state index contributed by atoms with van der Waals surface area (Å²) in [7, 11) is 1.61. The molecular weight excluding hydrogens is 340 g/mol. The molecule has 7 nitrogen and oxygen atoms in total. The summed E-state index contributed by atoms with van der Waals surface area (Å²) in [5.41, 5.74) is 1.21. The minimum Gasteiger partial charge on any atom is -0.407 e. The van der Waals surface area contributed by atoms with Crippen LogP contribution in [0.25, 0.3) is 11.1 Å². The molecule has 0 bridgehead atoms. The van der Waals surface area contributed by atoms with Crippen molar-refractivity contribution in [1.82, 2.24) is 14.9 Å². The van der Waals surface area contributed by atoms with Gasteiger partial charge in [0.2, 0.25) is 0 Å². The SMILES string of the molecule is Cn1c(=O)oc2c(C(=O)Nc3ncc(C4CCNCC4)s3)cccc21. The van der Waals surface area contributed by atoms with Crippen molar-refractivity contribution in [3.8, 4) is 0 Å². The van der Waals surface area contributed by atoms with E-state index in [-0.39, 0.29) is 5.91 Å². The molecule has 25 heavy (non-hydrogen) atoms. The normalized spacial score (nSPS) is 15.6. The Balaban J connectivity index is 1.57. The fourth-order valence-corrected chi connectivity index (χ4v) is 4.11. The summed E-state index contributed by atoms with van der Waals surface area (Å²) in [6.07, 6.45) is 4.02. The van der Waals surface area contributed by atoms with Gasteiger partial charge in [0.1, 0.15) is 0 Å². The number of thiazole rings is 1. The number of amides is 1. The molecule has 0 saturated carbocycles. The minimum atomic E-state index is -0.488. The molecule has 130 valence electrons. The molecule has 0 radical (unpaired) electrons. The van der Waals surface area contributed by atoms with Crippen LogP contribution in [0.15, 0.2) is 33.6 Å². The van der Waals surface area contributed by atoms with E-state index in [0.717, 1.165) is 25.9 Å². The zero-order chi connectivity index (χ0) is 17.4. The van der Waals surface area contributed by atoms with E-state index in [1.807, 2.05) is 6.20 Å². The van der Waals surface area contributed by atoms with Crippen LogP contribution >= 0.6 is 11.3 Å². The smallest absolute Gasteiger partial charge is 0.407 e. The average molecular weight is 358 g/mol. The number of anilines is 1. The molecule has 1 aromatic carbocycles. The zero-order valence-electron chi connectivity index (χ0n) is 13.7. The Morgan fingerprint density at radius 3 is 3.00 bits per heavy atom. The Hall–Kier alpha value is -2.45. The van der Waals surface area contributed by atoms with Crippen molar-refractivity contribution in [2.75, 3.05) is 18.4 Å². The first-order chi connectivity index (χ1) is 12.1. The fraction of sp³-hybridized carbons (Fsp3) is 0.353. The number of para-hydroxylation sites is 1. The maximum absolute atomic E-state index is 12.6. The topological polar surface area (TPSA) is 89.2 Å². The van der Waals surface area contributed by atoms with Crippen LogP contribution in [0.2, 0.25) is 0 Å². The van der Waals surface area contributed by atoms with E-state index in [0.29, 0.717) is 27.7 Å². The zero-order valence-corrected chi connectivity index (χ0v) is 14.6. The lowest BCUT2D eigenvalue weighted by atomic mass is 9.97. The molecule has 1 saturated heterocycles. The summed E-state index contributed by atoms with van der Waals surface area (Å²) in [6, 6.07) is 5.12. The van der Waals surface area contributed by atoms with Crippen LogP contribution < -0.4 is 16.4 Å². The third-order valence-electron chi connectivity index (χ3n) is 4.55. The number of nitrogens with zero attached hydrogens (tertiary/aromatic N) is 2. The number of piperidine rings is 1. The monoisotopic (exact) mass is 358 g/mol. The van der Waals surface area contributed by atoms with Crippen LogP contribution in [0.3, 0.4) is 0 Å². The number of fused-ring (bicyclic) bond motifs is 1. The number of rotatable bonds is 3. The number of carbonyl (C=O) groups is 1. The van der Waals surface area contributed by atoms with Crippen LogP contribution in [0.5, 0.6) is 0 Å². The third-order valence-corrected chi connectivity index (χ3v) is 5.62. The van der Waals surface area contributed by atoms with E-state index in [4.69, 9.17) is 4.42 Å². The summed E-state index contributed by atoms with van der Waals surface area (Å²) in [5, 5.41) is 6.73. The maximum atomic E-state index is 12.6. The fourth-order valence-electron chi connectivity index (χ4n) is 3.13. The molecule has 2 N–H and O–H groups in total. The molecule has 3 heterocycles. The third kappa shape index (κ3) is 2.98. The van der Waals surface area contributed by atoms with Gasteiger partial charge in [0.25, 0.3) is 5.91 Å². The molecule has 0 spiro atoms. The second kappa shape index (κ2) is 6.45. The van der Waals surface area contributed by atoms with Crippen molar-refractivity contribution >= 4 is 33.5 Å². The van der Waals surface area contributed by atoms with Crippen LogP contribution in [0, 0.1) is 0 Å². The average Bonchev–Trinajstić information content (AvgIpc) is 3.21. The number of carbonyl (C=O) groups excluding carboxylic acids is 1. The predicted molar refractivity (Wildman–Crippen MR) is 96.4 cm³/mol. The van der Waals surface area contributed by atoms with Crippen molar-refractivity contribution in [2.45, 2.75) is 18.8 Å². The highest BCUT2D eigenvalue weighted by molar-refractivity contribution is 7.15. The van der Waals surface area contributed by atoms with Gasteiger partial charge < -0.3 is 9.73 Å². The van der Waals surface area contributed by atoms with Gasteiger partial charge in [0.05, 0.1) is 11.1 Å². The Labute approximate surface area is 147 Å². The number of aromatic nitrogens is 2. The van der Waals surface area contributed by atoms with E-state index in [1.54, 1.807) is 25.2 Å².